The third-order valence-corrected chi connectivity index (χ3v) is 8.95. The smallest absolute Gasteiger partial charge is 0.343 e. The fourth-order valence-electron chi connectivity index (χ4n) is 8.27. The van der Waals surface area contributed by atoms with Crippen LogP contribution < -0.4 is 0 Å². The van der Waals surface area contributed by atoms with E-state index in [4.69, 9.17) is 18.9 Å². The normalized spacial score (nSPS) is 61.0. The highest BCUT2D eigenvalue weighted by Gasteiger charge is 3.05. The molecule has 0 radical (unpaired) electrons. The van der Waals surface area contributed by atoms with Crippen molar-refractivity contribution >= 4 is 17.9 Å². The molecule has 31 heavy (non-hydrogen) atoms. The summed E-state index contributed by atoms with van der Waals surface area (Å²) in [5, 5.41) is 46.1. The number of carbonyl (C=O) groups is 3. The van der Waals surface area contributed by atoms with Crippen molar-refractivity contribution in [3.8, 4) is 0 Å². The second kappa shape index (κ2) is 4.91. The molecule has 0 unspecified atom stereocenters. The van der Waals surface area contributed by atoms with E-state index in [1.165, 1.54) is 6.92 Å². The van der Waals surface area contributed by atoms with Crippen molar-refractivity contribution in [1.82, 2.24) is 0 Å². The molecule has 11 heteroatoms. The number of hydrogen-bond acceptors (Lipinski definition) is 11. The Kier molecular flexibility index (Phi) is 3.15. The minimum absolute atomic E-state index is 0.792. The maximum Gasteiger partial charge on any atom is 0.343 e. The van der Waals surface area contributed by atoms with Crippen LogP contribution in [0.5, 0.6) is 0 Å². The molecule has 2 spiro atoms. The molecule has 170 valence electrons. The number of carbonyl (C=O) groups excluding carboxylic acids is 3. The Labute approximate surface area is 176 Å². The minimum Gasteiger partial charge on any atom is -0.456 e. The Balaban J connectivity index is 1.75. The number of rotatable bonds is 0. The van der Waals surface area contributed by atoms with Gasteiger partial charge in [0.2, 0.25) is 11.9 Å². The Morgan fingerprint density at radius 2 is 1.58 bits per heavy atom. The van der Waals surface area contributed by atoms with Crippen molar-refractivity contribution in [2.75, 3.05) is 0 Å². The van der Waals surface area contributed by atoms with Gasteiger partial charge >= 0.3 is 17.9 Å². The van der Waals surface area contributed by atoms with Crippen LogP contribution in [0.25, 0.3) is 0 Å². The summed E-state index contributed by atoms with van der Waals surface area (Å²) in [5.74, 6) is -5.22. The van der Waals surface area contributed by atoms with Gasteiger partial charge in [-0.3, -0.25) is 4.79 Å². The molecule has 2 aliphatic carbocycles. The number of esters is 3. The van der Waals surface area contributed by atoms with E-state index >= 15 is 0 Å². The number of hydrogen-bond donors (Lipinski definition) is 4. The molecule has 11 nitrogen and oxygen atoms in total. The van der Waals surface area contributed by atoms with Crippen molar-refractivity contribution in [3.63, 3.8) is 0 Å². The molecule has 0 aromatic rings. The van der Waals surface area contributed by atoms with Crippen LogP contribution in [-0.4, -0.2) is 86.3 Å². The second-order valence-electron chi connectivity index (χ2n) is 10.8. The molecule has 0 amide bonds. The first-order chi connectivity index (χ1) is 14.3. The molecule has 6 aliphatic rings. The summed E-state index contributed by atoms with van der Waals surface area (Å²) < 4.78 is 22.2. The summed E-state index contributed by atoms with van der Waals surface area (Å²) in [4.78, 5) is 38.3. The lowest BCUT2D eigenvalue weighted by Crippen LogP contribution is -2.67. The zero-order valence-corrected chi connectivity index (χ0v) is 17.3. The van der Waals surface area contributed by atoms with E-state index in [2.05, 4.69) is 0 Å². The monoisotopic (exact) mass is 440 g/mol. The molecule has 4 heterocycles. The van der Waals surface area contributed by atoms with E-state index in [9.17, 15) is 34.8 Å². The highest BCUT2D eigenvalue weighted by molar-refractivity contribution is 5.94. The average molecular weight is 440 g/mol. The number of fused-ring (bicyclic) bond motifs is 1. The van der Waals surface area contributed by atoms with E-state index in [-0.39, 0.29) is 0 Å². The van der Waals surface area contributed by atoms with Crippen molar-refractivity contribution in [2.45, 2.75) is 75.7 Å². The predicted molar refractivity (Wildman–Crippen MR) is 93.4 cm³/mol. The van der Waals surface area contributed by atoms with Gasteiger partial charge in [-0.05, 0) is 12.3 Å². The fraction of sp³-hybridized carbons (Fsp3) is 0.850. The first-order valence-corrected chi connectivity index (χ1v) is 10.3. The minimum atomic E-state index is -2.40. The second-order valence-corrected chi connectivity index (χ2v) is 10.8. The summed E-state index contributed by atoms with van der Waals surface area (Å²) in [6.07, 6.45) is -9.69. The molecule has 4 aliphatic heterocycles. The SMILES string of the molecule is C[C@@H]1C(=O)O[C@H]2[C@@H](O)[C@]34[C@@H]5OC(=O)[C@]3(O[C@@H]3OC(=O)[C@H](O)[C@]34[C@H](C(C)(C)C)[C@@H]5O)[C@@]12O. The first kappa shape index (κ1) is 19.9. The van der Waals surface area contributed by atoms with Crippen LogP contribution in [0.1, 0.15) is 27.7 Å². The lowest BCUT2D eigenvalue weighted by Gasteiger charge is -2.47. The Hall–Kier alpha value is -1.79. The highest BCUT2D eigenvalue weighted by atomic mass is 16.8. The molecule has 6 rings (SSSR count). The fourth-order valence-corrected chi connectivity index (χ4v) is 8.27. The van der Waals surface area contributed by atoms with Gasteiger partial charge in [0.05, 0.1) is 22.9 Å². The van der Waals surface area contributed by atoms with E-state index in [1.54, 1.807) is 20.8 Å². The van der Waals surface area contributed by atoms with Gasteiger partial charge < -0.3 is 39.4 Å². The Morgan fingerprint density at radius 1 is 0.935 bits per heavy atom. The maximum absolute atomic E-state index is 13.4. The van der Waals surface area contributed by atoms with Crippen molar-refractivity contribution < 1.29 is 53.8 Å². The standard InChI is InChI=1S/C20H24O11/c1-5-12(24)28-11-8(22)18-10-6(21)7(16(2,3)4)17(18)9(23)13(25)30-15(17)31-20(18,14(26)29-10)19(5,11)27/h5-11,15,21-23,27H,1-4H3/t5-,6+,7+,8-,9+,10-,11+,15+,17-,18-,19-,20-/m1/s1. The van der Waals surface area contributed by atoms with Crippen LogP contribution in [-0.2, 0) is 33.3 Å². The van der Waals surface area contributed by atoms with Gasteiger partial charge in [0.25, 0.3) is 0 Å². The Morgan fingerprint density at radius 3 is 2.19 bits per heavy atom. The summed E-state index contributed by atoms with van der Waals surface area (Å²) >= 11 is 0. The quantitative estimate of drug-likeness (QED) is 0.234. The average Bonchev–Trinajstić information content (AvgIpc) is 3.35. The zero-order valence-electron chi connectivity index (χ0n) is 17.3. The van der Waals surface area contributed by atoms with E-state index in [0.29, 0.717) is 0 Å². The third kappa shape index (κ3) is 1.43. The van der Waals surface area contributed by atoms with Crippen LogP contribution in [0.2, 0.25) is 0 Å². The van der Waals surface area contributed by atoms with E-state index in [0.717, 1.165) is 0 Å². The molecule has 4 N–H and O–H groups in total. The third-order valence-electron chi connectivity index (χ3n) is 8.95. The number of aliphatic hydroxyl groups excluding tert-OH is 3. The van der Waals surface area contributed by atoms with Gasteiger partial charge in [-0.1, -0.05) is 20.8 Å². The molecule has 4 saturated heterocycles. The molecular formula is C20H24O11. The van der Waals surface area contributed by atoms with Crippen molar-refractivity contribution in [2.24, 2.45) is 28.1 Å². The van der Waals surface area contributed by atoms with Crippen LogP contribution in [0.3, 0.4) is 0 Å². The van der Waals surface area contributed by atoms with Crippen LogP contribution >= 0.6 is 0 Å². The summed E-state index contributed by atoms with van der Waals surface area (Å²) in [5.41, 5.74) is -9.40. The van der Waals surface area contributed by atoms with Gasteiger partial charge in [0.1, 0.15) is 12.2 Å². The molecular weight excluding hydrogens is 416 g/mol. The predicted octanol–water partition coefficient (Wildman–Crippen LogP) is -2.40. The van der Waals surface area contributed by atoms with Crippen molar-refractivity contribution in [3.05, 3.63) is 0 Å². The van der Waals surface area contributed by atoms with Crippen LogP contribution in [0.15, 0.2) is 0 Å². The largest absolute Gasteiger partial charge is 0.456 e. The molecule has 0 aromatic carbocycles. The van der Waals surface area contributed by atoms with E-state index < -0.39 is 94.0 Å². The molecule has 0 bridgehead atoms. The molecule has 2 saturated carbocycles. The van der Waals surface area contributed by atoms with Crippen molar-refractivity contribution in [1.29, 1.82) is 0 Å². The molecule has 6 fully saturated rings. The highest BCUT2D eigenvalue weighted by Crippen LogP contribution is 2.84. The van der Waals surface area contributed by atoms with Crippen LogP contribution in [0, 0.1) is 28.1 Å². The van der Waals surface area contributed by atoms with Gasteiger partial charge in [-0.25, -0.2) is 9.59 Å². The van der Waals surface area contributed by atoms with Crippen LogP contribution in [0.4, 0.5) is 0 Å². The summed E-state index contributed by atoms with van der Waals surface area (Å²) in [6.45, 7) is 6.63. The van der Waals surface area contributed by atoms with Gasteiger partial charge in [-0.2, -0.15) is 0 Å². The zero-order chi connectivity index (χ0) is 22.7. The Bertz CT molecular complexity index is 957. The summed E-state index contributed by atoms with van der Waals surface area (Å²) in [6, 6.07) is 0. The van der Waals surface area contributed by atoms with Gasteiger partial charge in [-0.15, -0.1) is 0 Å². The maximum atomic E-state index is 13.4. The topological polar surface area (TPSA) is 169 Å². The molecule has 12 atom stereocenters. The number of ether oxygens (including phenoxy) is 4. The lowest BCUT2D eigenvalue weighted by atomic mass is 9.51. The summed E-state index contributed by atoms with van der Waals surface area (Å²) in [7, 11) is 0. The number of aliphatic hydroxyl groups is 4. The molecule has 0 aromatic heterocycles. The first-order valence-electron chi connectivity index (χ1n) is 10.3. The van der Waals surface area contributed by atoms with Gasteiger partial charge in [0.15, 0.2) is 17.8 Å². The van der Waals surface area contributed by atoms with E-state index in [1.807, 2.05) is 0 Å². The lowest BCUT2D eigenvalue weighted by molar-refractivity contribution is -0.240. The van der Waals surface area contributed by atoms with Gasteiger partial charge in [0, 0.05) is 5.92 Å².